The molecule has 0 radical (unpaired) electrons. The molecule has 0 saturated heterocycles. The van der Waals surface area contributed by atoms with Crippen molar-refractivity contribution in [1.29, 1.82) is 0 Å². The summed E-state index contributed by atoms with van der Waals surface area (Å²) in [5, 5.41) is 19.7. The first kappa shape index (κ1) is 21.3. The Bertz CT molecular complexity index is 1390. The van der Waals surface area contributed by atoms with E-state index in [0.717, 1.165) is 16.9 Å². The summed E-state index contributed by atoms with van der Waals surface area (Å²) in [6.45, 7) is 1.85. The number of aryl methyl sites for hydroxylation is 1. The van der Waals surface area contributed by atoms with Gasteiger partial charge in [-0.15, -0.1) is 5.10 Å². The molecule has 0 atom stereocenters. The molecule has 166 valence electrons. The van der Waals surface area contributed by atoms with E-state index < -0.39 is 5.92 Å². The van der Waals surface area contributed by atoms with Gasteiger partial charge in [0.05, 0.1) is 17.7 Å². The van der Waals surface area contributed by atoms with Crippen LogP contribution in [0, 0.1) is 6.92 Å². The maximum Gasteiger partial charge on any atom is 0.180 e. The summed E-state index contributed by atoms with van der Waals surface area (Å²) in [5.41, 5.74) is 3.40. The normalized spacial score (nSPS) is 14.4. The lowest BCUT2D eigenvalue weighted by atomic mass is 9.83. The first-order valence-corrected chi connectivity index (χ1v) is 11.0. The van der Waals surface area contributed by atoms with E-state index in [1.54, 1.807) is 12.1 Å². The number of carbonyl (C=O) groups excluding carboxylic acids is 1. The van der Waals surface area contributed by atoms with Crippen LogP contribution < -0.4 is 0 Å². The Kier molecular flexibility index (Phi) is 5.75. The fraction of sp³-hybridized carbons (Fsp3) is 0.0690. The maximum atomic E-state index is 14.1. The molecule has 5 rings (SSSR count). The highest BCUT2D eigenvalue weighted by molar-refractivity contribution is 6.37. The van der Waals surface area contributed by atoms with Crippen molar-refractivity contribution in [1.82, 2.24) is 0 Å². The summed E-state index contributed by atoms with van der Waals surface area (Å²) in [6, 6.07) is 30.0. The predicted octanol–water partition coefficient (Wildman–Crippen LogP) is 6.10. The molecule has 0 aliphatic heterocycles. The number of Topliss-reactive ketones (excluding diaryl/α,β-unsaturated/α-hetero) is 1. The summed E-state index contributed by atoms with van der Waals surface area (Å²) >= 11 is 0. The van der Waals surface area contributed by atoms with Crippen molar-refractivity contribution in [3.05, 3.63) is 136 Å². The lowest BCUT2D eigenvalue weighted by Gasteiger charge is -2.18. The van der Waals surface area contributed by atoms with E-state index in [1.807, 2.05) is 91.9 Å². The van der Waals surface area contributed by atoms with E-state index in [1.165, 1.54) is 6.21 Å². The van der Waals surface area contributed by atoms with Crippen molar-refractivity contribution in [2.75, 3.05) is 0 Å². The lowest BCUT2D eigenvalue weighted by Crippen LogP contribution is -2.21. The van der Waals surface area contributed by atoms with Crippen LogP contribution in [0.25, 0.3) is 5.76 Å². The van der Waals surface area contributed by atoms with Crippen LogP contribution in [-0.2, 0) is 4.79 Å². The second-order valence-electron chi connectivity index (χ2n) is 8.03. The number of aliphatic hydroxyl groups excluding tert-OH is 1. The molecule has 1 aliphatic rings. The van der Waals surface area contributed by atoms with Crippen LogP contribution in [0.5, 0.6) is 0 Å². The highest BCUT2D eigenvalue weighted by atomic mass is 16.3. The van der Waals surface area contributed by atoms with Crippen LogP contribution in [0.4, 0.5) is 0 Å². The highest BCUT2D eigenvalue weighted by Gasteiger charge is 2.37. The topological polar surface area (TPSA) is 75.2 Å². The van der Waals surface area contributed by atoms with Gasteiger partial charge in [0.15, 0.2) is 5.78 Å². The van der Waals surface area contributed by atoms with E-state index in [2.05, 4.69) is 10.2 Å². The minimum absolute atomic E-state index is 0.0831. The number of allylic oxidation sites excluding steroid dienone is 1. The molecular formula is C29H22N2O3. The van der Waals surface area contributed by atoms with Gasteiger partial charge in [0.1, 0.15) is 23.0 Å². The fourth-order valence-corrected chi connectivity index (χ4v) is 4.21. The molecule has 4 aromatic rings. The number of hydrogen-bond acceptors (Lipinski definition) is 5. The Hall–Kier alpha value is -4.51. The van der Waals surface area contributed by atoms with Gasteiger partial charge in [-0.2, -0.15) is 5.10 Å². The summed E-state index contributed by atoms with van der Waals surface area (Å²) in [4.78, 5) is 14.1. The molecule has 5 nitrogen and oxygen atoms in total. The molecule has 1 heterocycles. The molecule has 0 spiro atoms. The van der Waals surface area contributed by atoms with Gasteiger partial charge in [0.25, 0.3) is 0 Å². The maximum absolute atomic E-state index is 14.1. The van der Waals surface area contributed by atoms with Crippen molar-refractivity contribution >= 4 is 23.5 Å². The molecule has 1 N–H and O–H groups in total. The molecule has 5 heteroatoms. The van der Waals surface area contributed by atoms with Gasteiger partial charge in [0, 0.05) is 11.1 Å². The van der Waals surface area contributed by atoms with Crippen LogP contribution in [-0.4, -0.2) is 22.8 Å². The predicted molar refractivity (Wildman–Crippen MR) is 133 cm³/mol. The summed E-state index contributed by atoms with van der Waals surface area (Å²) in [5.74, 6) is 0.396. The molecule has 0 amide bonds. The molecule has 1 aliphatic carbocycles. The molecule has 34 heavy (non-hydrogen) atoms. The molecule has 3 aromatic carbocycles. The number of rotatable bonds is 6. The van der Waals surface area contributed by atoms with Crippen LogP contribution in [0.3, 0.4) is 0 Å². The van der Waals surface area contributed by atoms with Crippen molar-refractivity contribution in [2.45, 2.75) is 12.8 Å². The number of hydrogen-bond donors (Lipinski definition) is 1. The van der Waals surface area contributed by atoms with E-state index in [9.17, 15) is 9.90 Å². The van der Waals surface area contributed by atoms with Crippen molar-refractivity contribution < 1.29 is 14.3 Å². The van der Waals surface area contributed by atoms with Gasteiger partial charge in [-0.05, 0) is 30.2 Å². The number of ketones is 1. The Labute approximate surface area is 197 Å². The second-order valence-corrected chi connectivity index (χ2v) is 8.03. The number of carbonyl (C=O) groups is 1. The first-order chi connectivity index (χ1) is 16.6. The zero-order valence-electron chi connectivity index (χ0n) is 18.6. The zero-order valence-corrected chi connectivity index (χ0v) is 18.6. The molecule has 1 aromatic heterocycles. The average Bonchev–Trinajstić information content (AvgIpc) is 3.41. The number of nitrogens with zero attached hydrogens (tertiary/aromatic N) is 2. The number of furan rings is 1. The SMILES string of the molecule is Cc1ccc(C=NN=C2C(C(=O)C(c3ccccc3)c3ccccc3)=C(O)c3ccccc32)o1. The van der Waals surface area contributed by atoms with Gasteiger partial charge in [0.2, 0.25) is 0 Å². The van der Waals surface area contributed by atoms with E-state index in [4.69, 9.17) is 4.42 Å². The van der Waals surface area contributed by atoms with Crippen LogP contribution in [0.1, 0.15) is 39.7 Å². The van der Waals surface area contributed by atoms with Crippen LogP contribution in [0.15, 0.2) is 117 Å². The summed E-state index contributed by atoms with van der Waals surface area (Å²) in [7, 11) is 0. The molecular weight excluding hydrogens is 424 g/mol. The van der Waals surface area contributed by atoms with Gasteiger partial charge in [-0.25, -0.2) is 0 Å². The van der Waals surface area contributed by atoms with Crippen LogP contribution in [0.2, 0.25) is 0 Å². The lowest BCUT2D eigenvalue weighted by molar-refractivity contribution is -0.115. The Morgan fingerprint density at radius 2 is 1.41 bits per heavy atom. The molecule has 0 saturated carbocycles. The standard InChI is InChI=1S/C29H22N2O3/c1-19-16-17-22(34-19)18-30-31-27-23-14-8-9-15-24(23)28(32)26(27)29(33)25(20-10-4-2-5-11-20)21-12-6-3-7-13-21/h2-18,25,32H,1H3. The Morgan fingerprint density at radius 3 is 2.00 bits per heavy atom. The van der Waals surface area contributed by atoms with Gasteiger partial charge in [-0.1, -0.05) is 84.9 Å². The van der Waals surface area contributed by atoms with Gasteiger partial charge >= 0.3 is 0 Å². The third-order valence-electron chi connectivity index (χ3n) is 5.79. The molecule has 0 unspecified atom stereocenters. The molecule has 0 fully saturated rings. The summed E-state index contributed by atoms with van der Waals surface area (Å²) in [6.07, 6.45) is 1.49. The Morgan fingerprint density at radius 1 is 0.824 bits per heavy atom. The van der Waals surface area contributed by atoms with E-state index >= 15 is 0 Å². The average molecular weight is 447 g/mol. The zero-order chi connectivity index (χ0) is 23.5. The number of aliphatic hydroxyl groups is 1. The second kappa shape index (κ2) is 9.16. The number of benzene rings is 3. The monoisotopic (exact) mass is 446 g/mol. The number of fused-ring (bicyclic) bond motifs is 1. The minimum atomic E-state index is -0.601. The summed E-state index contributed by atoms with van der Waals surface area (Å²) < 4.78 is 5.52. The van der Waals surface area contributed by atoms with Crippen LogP contribution >= 0.6 is 0 Å². The Balaban J connectivity index is 1.62. The quantitative estimate of drug-likeness (QED) is 0.287. The third-order valence-corrected chi connectivity index (χ3v) is 5.79. The van der Waals surface area contributed by atoms with Gasteiger partial charge < -0.3 is 9.52 Å². The largest absolute Gasteiger partial charge is 0.506 e. The van der Waals surface area contributed by atoms with E-state index in [-0.39, 0.29) is 17.1 Å². The minimum Gasteiger partial charge on any atom is -0.506 e. The van der Waals surface area contributed by atoms with E-state index in [0.29, 0.717) is 22.6 Å². The smallest absolute Gasteiger partial charge is 0.180 e. The first-order valence-electron chi connectivity index (χ1n) is 11.0. The van der Waals surface area contributed by atoms with Crippen molar-refractivity contribution in [3.63, 3.8) is 0 Å². The van der Waals surface area contributed by atoms with Crippen molar-refractivity contribution in [2.24, 2.45) is 10.2 Å². The van der Waals surface area contributed by atoms with Gasteiger partial charge in [-0.3, -0.25) is 4.79 Å². The van der Waals surface area contributed by atoms with Crippen molar-refractivity contribution in [3.8, 4) is 0 Å². The third kappa shape index (κ3) is 3.99. The fourth-order valence-electron chi connectivity index (χ4n) is 4.21. The molecule has 0 bridgehead atoms. The highest BCUT2D eigenvalue weighted by Crippen LogP contribution is 2.37.